The van der Waals surface area contributed by atoms with Crippen molar-refractivity contribution in [1.82, 2.24) is 0 Å². The number of hydrogen-bond acceptors (Lipinski definition) is 4. The summed E-state index contributed by atoms with van der Waals surface area (Å²) in [6, 6.07) is 6.72. The highest BCUT2D eigenvalue weighted by Crippen LogP contribution is 2.27. The van der Waals surface area contributed by atoms with Gasteiger partial charge < -0.3 is 10.0 Å². The van der Waals surface area contributed by atoms with Crippen LogP contribution in [0.25, 0.3) is 0 Å². The normalized spacial score (nSPS) is 21.2. The van der Waals surface area contributed by atoms with Crippen LogP contribution in [0.4, 0.5) is 11.4 Å². The van der Waals surface area contributed by atoms with E-state index < -0.39 is 0 Å². The van der Waals surface area contributed by atoms with Crippen LogP contribution in [0.15, 0.2) is 24.3 Å². The molecule has 5 heteroatoms. The third-order valence-electron chi connectivity index (χ3n) is 3.62. The van der Waals surface area contributed by atoms with Crippen LogP contribution in [0.1, 0.15) is 26.2 Å². The van der Waals surface area contributed by atoms with E-state index in [0.717, 1.165) is 38.0 Å². The average Bonchev–Trinajstić information content (AvgIpc) is 2.38. The van der Waals surface area contributed by atoms with Crippen LogP contribution in [0.3, 0.4) is 0 Å². The summed E-state index contributed by atoms with van der Waals surface area (Å²) in [4.78, 5) is 12.5. The van der Waals surface area contributed by atoms with Gasteiger partial charge in [0.15, 0.2) is 0 Å². The number of nitro groups is 1. The first-order chi connectivity index (χ1) is 9.06. The summed E-state index contributed by atoms with van der Waals surface area (Å²) in [7, 11) is 0. The largest absolute Gasteiger partial charge is 0.393 e. The van der Waals surface area contributed by atoms with Crippen molar-refractivity contribution in [2.45, 2.75) is 32.3 Å². The number of piperidine rings is 1. The second-order valence-corrected chi connectivity index (χ2v) is 5.31. The molecule has 1 N–H and O–H groups in total. The maximum atomic E-state index is 10.6. The lowest BCUT2D eigenvalue weighted by Gasteiger charge is -2.35. The molecule has 1 aromatic carbocycles. The van der Waals surface area contributed by atoms with Crippen molar-refractivity contribution in [2.75, 3.05) is 18.0 Å². The van der Waals surface area contributed by atoms with Crippen LogP contribution in [-0.2, 0) is 0 Å². The lowest BCUT2D eigenvalue weighted by atomic mass is 9.92. The molecule has 0 radical (unpaired) electrons. The number of nitro benzene ring substituents is 1. The molecule has 0 aliphatic carbocycles. The number of aliphatic hydroxyl groups excluding tert-OH is 1. The Hall–Kier alpha value is -1.62. The number of benzene rings is 1. The van der Waals surface area contributed by atoms with Crippen molar-refractivity contribution < 1.29 is 10.0 Å². The zero-order valence-electron chi connectivity index (χ0n) is 11.2. The number of aliphatic hydroxyl groups is 1. The van der Waals surface area contributed by atoms with Crippen LogP contribution in [0, 0.1) is 16.0 Å². The van der Waals surface area contributed by atoms with Crippen molar-refractivity contribution in [3.8, 4) is 0 Å². The molecule has 0 bridgehead atoms. The van der Waals surface area contributed by atoms with E-state index in [4.69, 9.17) is 0 Å². The molecule has 5 nitrogen and oxygen atoms in total. The Bertz CT molecular complexity index is 431. The van der Waals surface area contributed by atoms with Gasteiger partial charge in [-0.2, -0.15) is 0 Å². The van der Waals surface area contributed by atoms with Gasteiger partial charge in [-0.25, -0.2) is 0 Å². The first-order valence-electron chi connectivity index (χ1n) is 6.73. The minimum Gasteiger partial charge on any atom is -0.393 e. The van der Waals surface area contributed by atoms with E-state index in [1.807, 2.05) is 19.1 Å². The zero-order valence-corrected chi connectivity index (χ0v) is 11.2. The van der Waals surface area contributed by atoms with Crippen LogP contribution in [0.2, 0.25) is 0 Å². The second-order valence-electron chi connectivity index (χ2n) is 5.31. The molecule has 2 rings (SSSR count). The van der Waals surface area contributed by atoms with E-state index in [9.17, 15) is 15.2 Å². The zero-order chi connectivity index (χ0) is 13.8. The van der Waals surface area contributed by atoms with Crippen molar-refractivity contribution in [3.63, 3.8) is 0 Å². The van der Waals surface area contributed by atoms with Gasteiger partial charge in [0.1, 0.15) is 0 Å². The number of hydrogen-bond donors (Lipinski definition) is 1. The lowest BCUT2D eigenvalue weighted by molar-refractivity contribution is -0.384. The van der Waals surface area contributed by atoms with E-state index in [1.165, 1.54) is 0 Å². The standard InChI is InChI=1S/C14H20N2O3/c1-11(17)9-12-3-2-8-15(10-12)13-4-6-14(7-5-13)16(18)19/h4-7,11-12,17H,2-3,8-10H2,1H3. The third-order valence-corrected chi connectivity index (χ3v) is 3.62. The van der Waals surface area contributed by atoms with Gasteiger partial charge in [0.05, 0.1) is 11.0 Å². The molecule has 2 atom stereocenters. The van der Waals surface area contributed by atoms with Gasteiger partial charge in [-0.15, -0.1) is 0 Å². The molecule has 1 saturated heterocycles. The summed E-state index contributed by atoms with van der Waals surface area (Å²) < 4.78 is 0. The monoisotopic (exact) mass is 264 g/mol. The van der Waals surface area contributed by atoms with E-state index in [2.05, 4.69) is 4.90 Å². The number of nitrogens with zero attached hydrogens (tertiary/aromatic N) is 2. The summed E-state index contributed by atoms with van der Waals surface area (Å²) in [6.45, 7) is 3.72. The Labute approximate surface area is 113 Å². The third kappa shape index (κ3) is 3.67. The van der Waals surface area contributed by atoms with Gasteiger partial charge in [0, 0.05) is 30.9 Å². The fourth-order valence-corrected chi connectivity index (χ4v) is 2.76. The predicted octanol–water partition coefficient (Wildman–Crippen LogP) is 2.58. The first kappa shape index (κ1) is 13.8. The van der Waals surface area contributed by atoms with E-state index in [1.54, 1.807) is 12.1 Å². The highest BCUT2D eigenvalue weighted by Gasteiger charge is 2.21. The molecule has 1 heterocycles. The molecule has 0 spiro atoms. The molecule has 1 aliphatic rings. The topological polar surface area (TPSA) is 66.6 Å². The smallest absolute Gasteiger partial charge is 0.269 e. The van der Waals surface area contributed by atoms with E-state index in [-0.39, 0.29) is 16.7 Å². The van der Waals surface area contributed by atoms with Crippen LogP contribution in [0.5, 0.6) is 0 Å². The van der Waals surface area contributed by atoms with E-state index in [0.29, 0.717) is 5.92 Å². The summed E-state index contributed by atoms with van der Waals surface area (Å²) in [5.74, 6) is 0.504. The van der Waals surface area contributed by atoms with Gasteiger partial charge in [-0.05, 0) is 44.2 Å². The molecule has 2 unspecified atom stereocenters. The Kier molecular flexibility index (Phi) is 4.37. The van der Waals surface area contributed by atoms with Crippen LogP contribution >= 0.6 is 0 Å². The van der Waals surface area contributed by atoms with Gasteiger partial charge in [-0.1, -0.05) is 0 Å². The Balaban J connectivity index is 2.02. The molecule has 104 valence electrons. The quantitative estimate of drug-likeness (QED) is 0.670. The maximum absolute atomic E-state index is 10.6. The Morgan fingerprint density at radius 2 is 2.16 bits per heavy atom. The number of rotatable bonds is 4. The van der Waals surface area contributed by atoms with Crippen molar-refractivity contribution in [2.24, 2.45) is 5.92 Å². The molecular weight excluding hydrogens is 244 g/mol. The van der Waals surface area contributed by atoms with Crippen LogP contribution < -0.4 is 4.90 Å². The van der Waals surface area contributed by atoms with E-state index >= 15 is 0 Å². The van der Waals surface area contributed by atoms with Gasteiger partial charge in [0.2, 0.25) is 0 Å². The molecule has 1 aliphatic heterocycles. The van der Waals surface area contributed by atoms with Gasteiger partial charge in [-0.3, -0.25) is 10.1 Å². The molecule has 0 amide bonds. The van der Waals surface area contributed by atoms with Crippen molar-refractivity contribution in [1.29, 1.82) is 0 Å². The predicted molar refractivity (Wildman–Crippen MR) is 74.3 cm³/mol. The highest BCUT2D eigenvalue weighted by molar-refractivity contribution is 5.51. The summed E-state index contributed by atoms with van der Waals surface area (Å²) in [5.41, 5.74) is 1.15. The van der Waals surface area contributed by atoms with Gasteiger partial charge >= 0.3 is 0 Å². The van der Waals surface area contributed by atoms with Crippen molar-refractivity contribution in [3.05, 3.63) is 34.4 Å². The fourth-order valence-electron chi connectivity index (χ4n) is 2.76. The SMILES string of the molecule is CC(O)CC1CCCN(c2ccc([N+](=O)[O-])cc2)C1. The minimum absolute atomic E-state index is 0.126. The lowest BCUT2D eigenvalue weighted by Crippen LogP contribution is -2.36. The highest BCUT2D eigenvalue weighted by atomic mass is 16.6. The summed E-state index contributed by atoms with van der Waals surface area (Å²) in [6.07, 6.45) is 2.81. The van der Waals surface area contributed by atoms with Crippen LogP contribution in [-0.4, -0.2) is 29.2 Å². The molecule has 1 aromatic rings. The minimum atomic E-state index is -0.379. The Morgan fingerprint density at radius 3 is 2.74 bits per heavy atom. The Morgan fingerprint density at radius 1 is 1.47 bits per heavy atom. The number of anilines is 1. The maximum Gasteiger partial charge on any atom is 0.269 e. The number of non-ortho nitro benzene ring substituents is 1. The summed E-state index contributed by atoms with van der Waals surface area (Å²) in [5, 5.41) is 20.1. The second kappa shape index (κ2) is 6.02. The molecule has 0 saturated carbocycles. The van der Waals surface area contributed by atoms with Crippen molar-refractivity contribution >= 4 is 11.4 Å². The summed E-state index contributed by atoms with van der Waals surface area (Å²) >= 11 is 0. The first-order valence-corrected chi connectivity index (χ1v) is 6.73. The molecule has 1 fully saturated rings. The molecule has 0 aromatic heterocycles. The average molecular weight is 264 g/mol. The van der Waals surface area contributed by atoms with Gasteiger partial charge in [0.25, 0.3) is 5.69 Å². The molecule has 19 heavy (non-hydrogen) atoms. The fraction of sp³-hybridized carbons (Fsp3) is 0.571. The molecular formula is C14H20N2O3.